The predicted molar refractivity (Wildman–Crippen MR) is 180 cm³/mol. The van der Waals surface area contributed by atoms with Crippen LogP contribution in [0.2, 0.25) is 5.02 Å². The van der Waals surface area contributed by atoms with Gasteiger partial charge in [0, 0.05) is 70.4 Å². The third kappa shape index (κ3) is 7.71. The maximum Gasteiger partial charge on any atom is 0.418 e. The Kier molecular flexibility index (Phi) is 10.7. The fourth-order valence-corrected chi connectivity index (χ4v) is 8.72. The Morgan fingerprint density at radius 2 is 1.73 bits per heavy atom. The van der Waals surface area contributed by atoms with Crippen LogP contribution in [0.4, 0.5) is 28.7 Å². The number of thiophene rings is 1. The number of benzene rings is 1. The third-order valence-corrected chi connectivity index (χ3v) is 11.4. The number of rotatable bonds is 8. The SMILES string of the molecule is CNc1c(Cl)cc(C[C@@H](CC(=O)N2CCC(N3Cc4ccsc4NC3=O)CC2)C(=O)N2CCN(C3CCNCC3)CC2)cc1C(F)(F)F. The number of halogens is 4. The summed E-state index contributed by atoms with van der Waals surface area (Å²) in [5, 5.41) is 11.6. The zero-order chi connectivity index (χ0) is 34.0. The number of alkyl halides is 3. The molecule has 3 N–H and O–H groups in total. The molecule has 0 saturated carbocycles. The molecule has 262 valence electrons. The number of carbonyl (C=O) groups excluding carboxylic acids is 3. The van der Waals surface area contributed by atoms with E-state index in [-0.39, 0.29) is 53.0 Å². The molecule has 0 spiro atoms. The van der Waals surface area contributed by atoms with Gasteiger partial charge in [-0.25, -0.2) is 4.79 Å². The molecule has 4 aliphatic heterocycles. The average Bonchev–Trinajstić information content (AvgIpc) is 3.54. The van der Waals surface area contributed by atoms with Crippen molar-refractivity contribution < 1.29 is 27.6 Å². The van der Waals surface area contributed by atoms with Gasteiger partial charge >= 0.3 is 12.2 Å². The number of fused-ring (bicyclic) bond motifs is 1. The van der Waals surface area contributed by atoms with Gasteiger partial charge in [-0.3, -0.25) is 19.8 Å². The van der Waals surface area contributed by atoms with Crippen LogP contribution < -0.4 is 16.0 Å². The second-order valence-corrected chi connectivity index (χ2v) is 14.5. The van der Waals surface area contributed by atoms with Crippen molar-refractivity contribution in [1.29, 1.82) is 0 Å². The van der Waals surface area contributed by atoms with Gasteiger partial charge < -0.3 is 25.3 Å². The molecule has 10 nitrogen and oxygen atoms in total. The molecule has 0 aliphatic carbocycles. The Balaban J connectivity index is 1.14. The third-order valence-electron chi connectivity index (χ3n) is 10.2. The van der Waals surface area contributed by atoms with Crippen molar-refractivity contribution in [2.24, 2.45) is 5.92 Å². The van der Waals surface area contributed by atoms with E-state index in [1.165, 1.54) is 24.5 Å². The summed E-state index contributed by atoms with van der Waals surface area (Å²) in [4.78, 5) is 48.3. The highest BCUT2D eigenvalue weighted by atomic mass is 35.5. The number of carbonyl (C=O) groups is 3. The number of piperazine rings is 1. The van der Waals surface area contributed by atoms with Gasteiger partial charge in [-0.1, -0.05) is 11.6 Å². The van der Waals surface area contributed by atoms with Crippen LogP contribution in [0.25, 0.3) is 0 Å². The molecule has 0 radical (unpaired) electrons. The topological polar surface area (TPSA) is 100 Å². The molecule has 3 fully saturated rings. The molecule has 2 aromatic rings. The first-order valence-corrected chi connectivity index (χ1v) is 18.0. The van der Waals surface area contributed by atoms with E-state index < -0.39 is 17.7 Å². The van der Waals surface area contributed by atoms with E-state index in [2.05, 4.69) is 20.9 Å². The van der Waals surface area contributed by atoms with Crippen LogP contribution in [-0.2, 0) is 28.7 Å². The highest BCUT2D eigenvalue weighted by Crippen LogP contribution is 2.40. The summed E-state index contributed by atoms with van der Waals surface area (Å²) < 4.78 is 42.0. The number of hydrogen-bond acceptors (Lipinski definition) is 7. The van der Waals surface area contributed by atoms with Gasteiger partial charge in [0.25, 0.3) is 0 Å². The highest BCUT2D eigenvalue weighted by molar-refractivity contribution is 7.14. The van der Waals surface area contributed by atoms with E-state index in [9.17, 15) is 27.6 Å². The Hall–Kier alpha value is -3.07. The number of urea groups is 1. The molecule has 4 amide bonds. The van der Waals surface area contributed by atoms with Crippen molar-refractivity contribution in [3.63, 3.8) is 0 Å². The first-order chi connectivity index (χ1) is 23.0. The number of hydrogen-bond donors (Lipinski definition) is 3. The molecule has 48 heavy (non-hydrogen) atoms. The molecule has 4 aliphatic rings. The van der Waals surface area contributed by atoms with Crippen molar-refractivity contribution >= 4 is 51.5 Å². The number of anilines is 2. The van der Waals surface area contributed by atoms with E-state index in [4.69, 9.17) is 11.6 Å². The summed E-state index contributed by atoms with van der Waals surface area (Å²) in [6.45, 7) is 5.80. The van der Waals surface area contributed by atoms with Gasteiger partial charge in [-0.15, -0.1) is 11.3 Å². The van der Waals surface area contributed by atoms with Crippen LogP contribution >= 0.6 is 22.9 Å². The van der Waals surface area contributed by atoms with Crippen LogP contribution in [0.1, 0.15) is 48.8 Å². The summed E-state index contributed by atoms with van der Waals surface area (Å²) >= 11 is 7.80. The standard InChI is InChI=1S/C33H43ClF3N7O3S/c1-38-29-26(33(35,36)37)17-21(18-27(29)34)16-23(31(46)43-13-11-41(12-14-43)24-2-7-39-8-3-24)19-28(45)42-9-4-25(5-10-42)44-20-22-6-15-48-30(22)40-32(44)47/h6,15,17-18,23-25,38-39H,2-5,7-14,16,19-20H2,1H3,(H,40,47)/t23-/m0/s1. The lowest BCUT2D eigenvalue weighted by atomic mass is 9.91. The minimum absolute atomic E-state index is 0.0237. The Bertz CT molecular complexity index is 1490. The maximum atomic E-state index is 14.1. The van der Waals surface area contributed by atoms with E-state index in [1.54, 1.807) is 9.80 Å². The van der Waals surface area contributed by atoms with Crippen LogP contribution in [0.5, 0.6) is 0 Å². The van der Waals surface area contributed by atoms with Crippen molar-refractivity contribution in [2.45, 2.75) is 63.3 Å². The number of nitrogens with zero attached hydrogens (tertiary/aromatic N) is 4. The first-order valence-electron chi connectivity index (χ1n) is 16.7. The zero-order valence-corrected chi connectivity index (χ0v) is 28.7. The lowest BCUT2D eigenvalue weighted by Gasteiger charge is -2.42. The smallest absolute Gasteiger partial charge is 0.386 e. The molecule has 5 heterocycles. The minimum Gasteiger partial charge on any atom is -0.386 e. The molecule has 1 aromatic carbocycles. The molecule has 1 aromatic heterocycles. The Morgan fingerprint density at radius 3 is 2.40 bits per heavy atom. The van der Waals surface area contributed by atoms with Crippen LogP contribution in [0.3, 0.4) is 0 Å². The summed E-state index contributed by atoms with van der Waals surface area (Å²) in [6, 6.07) is 4.81. The van der Waals surface area contributed by atoms with Crippen LogP contribution in [0, 0.1) is 5.92 Å². The molecule has 0 bridgehead atoms. The monoisotopic (exact) mass is 709 g/mol. The highest BCUT2D eigenvalue weighted by Gasteiger charge is 2.38. The van der Waals surface area contributed by atoms with Gasteiger partial charge in [-0.05, 0) is 74.3 Å². The summed E-state index contributed by atoms with van der Waals surface area (Å²) in [5.74, 6) is -1.28. The maximum absolute atomic E-state index is 14.1. The van der Waals surface area contributed by atoms with Gasteiger partial charge in [0.05, 0.1) is 28.7 Å². The quantitative estimate of drug-likeness (QED) is 0.359. The fourth-order valence-electron chi connectivity index (χ4n) is 7.58. The van der Waals surface area contributed by atoms with Gasteiger partial charge in [-0.2, -0.15) is 13.2 Å². The summed E-state index contributed by atoms with van der Waals surface area (Å²) in [7, 11) is 1.38. The van der Waals surface area contributed by atoms with E-state index >= 15 is 0 Å². The minimum atomic E-state index is -4.65. The zero-order valence-electron chi connectivity index (χ0n) is 27.1. The summed E-state index contributed by atoms with van der Waals surface area (Å²) in [6.07, 6.45) is -1.49. The molecular weight excluding hydrogens is 667 g/mol. The molecular formula is C33H43ClF3N7O3S. The summed E-state index contributed by atoms with van der Waals surface area (Å²) in [5.41, 5.74) is 0.210. The van der Waals surface area contributed by atoms with Crippen LogP contribution in [-0.4, -0.2) is 109 Å². The molecule has 15 heteroatoms. The average molecular weight is 710 g/mol. The normalized spacial score (nSPS) is 20.8. The van der Waals surface area contributed by atoms with Crippen molar-refractivity contribution in [3.05, 3.63) is 45.3 Å². The Morgan fingerprint density at radius 1 is 1.02 bits per heavy atom. The van der Waals surface area contributed by atoms with E-state index in [1.807, 2.05) is 16.3 Å². The molecule has 6 rings (SSSR count). The predicted octanol–water partition coefficient (Wildman–Crippen LogP) is 4.95. The number of piperidine rings is 2. The van der Waals surface area contributed by atoms with Gasteiger partial charge in [0.1, 0.15) is 5.00 Å². The van der Waals surface area contributed by atoms with Gasteiger partial charge in [0.15, 0.2) is 0 Å². The molecule has 1 atom stereocenters. The van der Waals surface area contributed by atoms with E-state index in [0.29, 0.717) is 51.6 Å². The largest absolute Gasteiger partial charge is 0.418 e. The van der Waals surface area contributed by atoms with Crippen molar-refractivity contribution in [3.8, 4) is 0 Å². The Labute approximate surface area is 287 Å². The second kappa shape index (κ2) is 14.8. The lowest BCUT2D eigenvalue weighted by Crippen LogP contribution is -2.55. The number of likely N-dealkylation sites (tertiary alicyclic amines) is 1. The van der Waals surface area contributed by atoms with Crippen LogP contribution in [0.15, 0.2) is 23.6 Å². The first kappa shape index (κ1) is 34.8. The lowest BCUT2D eigenvalue weighted by molar-refractivity contribution is -0.143. The fraction of sp³-hybridized carbons (Fsp3) is 0.606. The van der Waals surface area contributed by atoms with Gasteiger partial charge in [0.2, 0.25) is 11.8 Å². The number of amides is 4. The number of nitrogens with one attached hydrogen (secondary N) is 3. The van der Waals surface area contributed by atoms with E-state index in [0.717, 1.165) is 55.7 Å². The van der Waals surface area contributed by atoms with Crippen molar-refractivity contribution in [2.75, 3.05) is 70.0 Å². The molecule has 3 saturated heterocycles. The molecule has 0 unspecified atom stereocenters. The second-order valence-electron chi connectivity index (χ2n) is 13.1. The van der Waals surface area contributed by atoms with Crippen molar-refractivity contribution in [1.82, 2.24) is 24.9 Å².